The fraction of sp³-hybridized carbons (Fsp3) is 0.273. The molecule has 1 saturated heterocycles. The van der Waals surface area contributed by atoms with Crippen molar-refractivity contribution in [1.82, 2.24) is 30.1 Å². The number of imidazole rings is 1. The third-order valence-corrected chi connectivity index (χ3v) is 4.89. The van der Waals surface area contributed by atoms with Crippen LogP contribution in [-0.4, -0.2) is 43.0 Å². The Kier molecular flexibility index (Phi) is 5.22. The number of fused-ring (bicyclic) bond motifs is 1. The number of benzene rings is 1. The van der Waals surface area contributed by atoms with Gasteiger partial charge in [0.2, 0.25) is 0 Å². The van der Waals surface area contributed by atoms with Crippen molar-refractivity contribution in [2.75, 3.05) is 13.1 Å². The topological polar surface area (TPSA) is 88.2 Å². The number of hydrogen-bond donors (Lipinski definition) is 2. The van der Waals surface area contributed by atoms with E-state index in [1.54, 1.807) is 10.6 Å². The number of aryl methyl sites for hydroxylation is 1. The summed E-state index contributed by atoms with van der Waals surface area (Å²) in [5.41, 5.74) is 5.61. The van der Waals surface area contributed by atoms with Crippen molar-refractivity contribution < 1.29 is 5.11 Å². The van der Waals surface area contributed by atoms with E-state index >= 15 is 0 Å². The Morgan fingerprint density at radius 1 is 1.00 bits per heavy atom. The van der Waals surface area contributed by atoms with Crippen molar-refractivity contribution in [3.8, 4) is 28.3 Å². The Balaban J connectivity index is 0.000000994. The predicted octanol–water partition coefficient (Wildman–Crippen LogP) is 3.58. The van der Waals surface area contributed by atoms with Gasteiger partial charge in [0, 0.05) is 30.1 Å². The van der Waals surface area contributed by atoms with Crippen LogP contribution in [-0.2, 0) is 0 Å². The summed E-state index contributed by atoms with van der Waals surface area (Å²) in [5.74, 6) is 0.596. The van der Waals surface area contributed by atoms with Gasteiger partial charge in [0.1, 0.15) is 5.75 Å². The van der Waals surface area contributed by atoms with Gasteiger partial charge in [-0.2, -0.15) is 15.3 Å². The third-order valence-electron chi connectivity index (χ3n) is 4.89. The van der Waals surface area contributed by atoms with Crippen molar-refractivity contribution in [3.63, 3.8) is 0 Å². The summed E-state index contributed by atoms with van der Waals surface area (Å²) in [6, 6.07) is 13.2. The summed E-state index contributed by atoms with van der Waals surface area (Å²) < 4.78 is 1.75. The number of aromatic hydroxyl groups is 1. The van der Waals surface area contributed by atoms with Gasteiger partial charge in [-0.05, 0) is 43.3 Å². The molecule has 148 valence electrons. The molecule has 0 saturated carbocycles. The summed E-state index contributed by atoms with van der Waals surface area (Å²) in [6.45, 7) is 7.83. The maximum atomic E-state index is 10.5. The highest BCUT2D eigenvalue weighted by molar-refractivity contribution is 5.73. The van der Waals surface area contributed by atoms with Crippen LogP contribution in [0.4, 0.5) is 0 Å². The molecule has 0 amide bonds. The van der Waals surface area contributed by atoms with Crippen LogP contribution in [0.5, 0.6) is 5.75 Å². The van der Waals surface area contributed by atoms with Gasteiger partial charge in [0.05, 0.1) is 29.0 Å². The zero-order valence-corrected chi connectivity index (χ0v) is 16.8. The maximum Gasteiger partial charge on any atom is 0.153 e. The molecule has 0 radical (unpaired) electrons. The number of nitrogens with one attached hydrogen (secondary N) is 1. The van der Waals surface area contributed by atoms with Crippen LogP contribution in [0.3, 0.4) is 0 Å². The monoisotopic (exact) mass is 388 g/mol. The Morgan fingerprint density at radius 3 is 2.45 bits per heavy atom. The lowest BCUT2D eigenvalue weighted by Gasteiger charge is -2.25. The van der Waals surface area contributed by atoms with Crippen molar-refractivity contribution >= 4 is 5.65 Å². The Hall–Kier alpha value is -3.32. The number of rotatable bonds is 3. The second-order valence-corrected chi connectivity index (χ2v) is 6.83. The molecule has 1 aromatic carbocycles. The summed E-state index contributed by atoms with van der Waals surface area (Å²) in [4.78, 5) is 4.38. The van der Waals surface area contributed by atoms with E-state index in [1.807, 2.05) is 63.4 Å². The molecule has 0 spiro atoms. The smallest absolute Gasteiger partial charge is 0.153 e. The summed E-state index contributed by atoms with van der Waals surface area (Å²) in [7, 11) is 0. The second kappa shape index (κ2) is 7.97. The van der Waals surface area contributed by atoms with Gasteiger partial charge in [-0.3, -0.25) is 0 Å². The minimum absolute atomic E-state index is 0.156. The molecule has 7 heteroatoms. The first-order chi connectivity index (χ1) is 14.2. The van der Waals surface area contributed by atoms with Gasteiger partial charge in [-0.1, -0.05) is 19.9 Å². The molecule has 7 nitrogen and oxygen atoms in total. The fourth-order valence-electron chi connectivity index (χ4n) is 3.26. The van der Waals surface area contributed by atoms with E-state index in [0.29, 0.717) is 17.2 Å². The average Bonchev–Trinajstić information content (AvgIpc) is 3.08. The van der Waals surface area contributed by atoms with E-state index in [4.69, 9.17) is 0 Å². The number of hydrogen-bond acceptors (Lipinski definition) is 6. The molecule has 0 atom stereocenters. The van der Waals surface area contributed by atoms with Crippen LogP contribution in [0, 0.1) is 6.92 Å². The number of aromatic nitrogens is 5. The molecule has 1 aliphatic rings. The van der Waals surface area contributed by atoms with Gasteiger partial charge < -0.3 is 10.4 Å². The molecule has 0 aliphatic carbocycles. The lowest BCUT2D eigenvalue weighted by Crippen LogP contribution is -2.40. The van der Waals surface area contributed by atoms with E-state index in [9.17, 15) is 5.11 Å². The van der Waals surface area contributed by atoms with Crippen LogP contribution in [0.25, 0.3) is 28.2 Å². The average molecular weight is 388 g/mol. The molecule has 29 heavy (non-hydrogen) atoms. The summed E-state index contributed by atoms with van der Waals surface area (Å²) >= 11 is 0. The van der Waals surface area contributed by atoms with Gasteiger partial charge in [-0.15, -0.1) is 0 Å². The highest BCUT2D eigenvalue weighted by Crippen LogP contribution is 2.32. The van der Waals surface area contributed by atoms with Crippen molar-refractivity contribution in [3.05, 3.63) is 60.0 Å². The Morgan fingerprint density at radius 2 is 1.79 bits per heavy atom. The quantitative estimate of drug-likeness (QED) is 0.558. The van der Waals surface area contributed by atoms with Crippen molar-refractivity contribution in [2.45, 2.75) is 26.7 Å². The number of phenolic OH excluding ortho intramolecular Hbond substituents is 1. The molecule has 4 aromatic rings. The Bertz CT molecular complexity index is 1130. The van der Waals surface area contributed by atoms with Gasteiger partial charge in [0.25, 0.3) is 0 Å². The van der Waals surface area contributed by atoms with Crippen molar-refractivity contribution in [2.24, 2.45) is 0 Å². The van der Waals surface area contributed by atoms with Crippen LogP contribution < -0.4 is 5.32 Å². The lowest BCUT2D eigenvalue weighted by atomic mass is 9.98. The molecule has 4 heterocycles. The second-order valence-electron chi connectivity index (χ2n) is 6.83. The SMILES string of the molecule is CC.Cc1cn2nc(-c3ccc(-c4ccc(C5CNC5)nn4)c(O)c3)ccc2n1. The normalized spacial score (nSPS) is 13.6. The fourth-order valence-corrected chi connectivity index (χ4v) is 3.26. The third kappa shape index (κ3) is 3.69. The summed E-state index contributed by atoms with van der Waals surface area (Å²) in [5, 5.41) is 26.9. The highest BCUT2D eigenvalue weighted by Gasteiger charge is 2.20. The van der Waals surface area contributed by atoms with Crippen LogP contribution in [0.15, 0.2) is 48.7 Å². The van der Waals surface area contributed by atoms with E-state index in [2.05, 4.69) is 25.6 Å². The van der Waals surface area contributed by atoms with Gasteiger partial charge in [-0.25, -0.2) is 9.50 Å². The first kappa shape index (κ1) is 19.0. The Labute approximate surface area is 169 Å². The molecule has 1 fully saturated rings. The molecule has 3 aromatic heterocycles. The van der Waals surface area contributed by atoms with E-state index in [-0.39, 0.29) is 5.75 Å². The lowest BCUT2D eigenvalue weighted by molar-refractivity contribution is 0.436. The zero-order chi connectivity index (χ0) is 20.4. The maximum absolute atomic E-state index is 10.5. The molecule has 1 aliphatic heterocycles. The standard InChI is InChI=1S/C20H18N6O.C2H6/c1-12-11-26-20(22-12)7-6-17(25-26)13-2-3-15(19(27)8-13)18-5-4-16(23-24-18)14-9-21-10-14;1-2/h2-8,11,14,21,27H,9-10H2,1H3;1-2H3. The van der Waals surface area contributed by atoms with Crippen LogP contribution >= 0.6 is 0 Å². The van der Waals surface area contributed by atoms with Gasteiger partial charge >= 0.3 is 0 Å². The van der Waals surface area contributed by atoms with E-state index in [1.165, 1.54) is 0 Å². The number of nitrogens with zero attached hydrogens (tertiary/aromatic N) is 5. The van der Waals surface area contributed by atoms with Gasteiger partial charge in [0.15, 0.2) is 5.65 Å². The van der Waals surface area contributed by atoms with Crippen LogP contribution in [0.2, 0.25) is 0 Å². The molecular formula is C22H24N6O. The first-order valence-electron chi connectivity index (χ1n) is 9.88. The largest absolute Gasteiger partial charge is 0.507 e. The molecule has 0 unspecified atom stereocenters. The molecule has 2 N–H and O–H groups in total. The minimum Gasteiger partial charge on any atom is -0.507 e. The first-order valence-corrected chi connectivity index (χ1v) is 9.88. The van der Waals surface area contributed by atoms with Crippen molar-refractivity contribution in [1.29, 1.82) is 0 Å². The van der Waals surface area contributed by atoms with Crippen LogP contribution in [0.1, 0.15) is 31.2 Å². The predicted molar refractivity (Wildman–Crippen MR) is 113 cm³/mol. The zero-order valence-electron chi connectivity index (χ0n) is 16.8. The molecular weight excluding hydrogens is 364 g/mol. The highest BCUT2D eigenvalue weighted by atomic mass is 16.3. The molecule has 0 bridgehead atoms. The summed E-state index contributed by atoms with van der Waals surface area (Å²) in [6.07, 6.45) is 1.88. The van der Waals surface area contributed by atoms with E-state index < -0.39 is 0 Å². The van der Waals surface area contributed by atoms with E-state index in [0.717, 1.165) is 41.4 Å². The molecule has 5 rings (SSSR count). The number of phenols is 1. The minimum atomic E-state index is 0.156.